The minimum absolute atomic E-state index is 0.0447. The van der Waals surface area contributed by atoms with Gasteiger partial charge in [-0.3, -0.25) is 19.7 Å². The van der Waals surface area contributed by atoms with Crippen LogP contribution in [0.25, 0.3) is 0 Å². The molecule has 1 atom stereocenters. The number of esters is 1. The maximum Gasteiger partial charge on any atom is 0.308 e. The van der Waals surface area contributed by atoms with Gasteiger partial charge in [0.25, 0.3) is 5.69 Å². The summed E-state index contributed by atoms with van der Waals surface area (Å²) in [5.41, 5.74) is 1.45. The highest BCUT2D eigenvalue weighted by Crippen LogP contribution is 2.36. The summed E-state index contributed by atoms with van der Waals surface area (Å²) in [6, 6.07) is 19.6. The Balaban J connectivity index is 1.53. The van der Waals surface area contributed by atoms with Crippen molar-refractivity contribution in [2.75, 3.05) is 13.2 Å². The van der Waals surface area contributed by atoms with Gasteiger partial charge in [0.05, 0.1) is 22.3 Å². The molecular weight excluding hydrogens is 472 g/mol. The van der Waals surface area contributed by atoms with Crippen LogP contribution < -0.4 is 0 Å². The van der Waals surface area contributed by atoms with Crippen LogP contribution in [-0.4, -0.2) is 42.6 Å². The highest BCUT2D eigenvalue weighted by atomic mass is 32.2. The average molecular weight is 495 g/mol. The van der Waals surface area contributed by atoms with E-state index in [2.05, 4.69) is 0 Å². The lowest BCUT2D eigenvalue weighted by molar-refractivity contribution is -0.384. The number of sulfonamides is 1. The number of hydrogen-bond acceptors (Lipinski definition) is 7. The summed E-state index contributed by atoms with van der Waals surface area (Å²) in [4.78, 5) is 35.6. The van der Waals surface area contributed by atoms with Crippen molar-refractivity contribution in [2.24, 2.45) is 0 Å². The number of nitro groups is 1. The third kappa shape index (κ3) is 5.28. The van der Waals surface area contributed by atoms with Gasteiger partial charge in [-0.2, -0.15) is 4.31 Å². The van der Waals surface area contributed by atoms with Crippen molar-refractivity contribution in [1.29, 1.82) is 0 Å². The number of Topliss-reactive ketones (excluding diaryl/α,β-unsaturated/α-hetero) is 1. The van der Waals surface area contributed by atoms with Crippen LogP contribution in [0, 0.1) is 10.1 Å². The Bertz CT molecular complexity index is 1370. The molecule has 9 nitrogen and oxygen atoms in total. The number of rotatable bonds is 8. The van der Waals surface area contributed by atoms with Crippen molar-refractivity contribution >= 4 is 27.5 Å². The highest BCUT2D eigenvalue weighted by Gasteiger charge is 2.37. The molecule has 0 aromatic heterocycles. The SMILES string of the molecule is O=C(CC1c2ccccc2CCN1S(=O)(=O)c1ccccc1)OCC(=O)c1cccc([N+](=O)[O-])c1. The molecule has 0 saturated heterocycles. The Morgan fingerprint density at radius 1 is 1.00 bits per heavy atom. The number of ketones is 1. The van der Waals surface area contributed by atoms with Gasteiger partial charge >= 0.3 is 5.97 Å². The van der Waals surface area contributed by atoms with Crippen molar-refractivity contribution in [3.63, 3.8) is 0 Å². The topological polar surface area (TPSA) is 124 Å². The second-order valence-electron chi connectivity index (χ2n) is 7.99. The molecule has 35 heavy (non-hydrogen) atoms. The van der Waals surface area contributed by atoms with Gasteiger partial charge in [0, 0.05) is 24.2 Å². The van der Waals surface area contributed by atoms with E-state index in [1.807, 2.05) is 12.1 Å². The van der Waals surface area contributed by atoms with E-state index in [0.29, 0.717) is 12.0 Å². The van der Waals surface area contributed by atoms with Crippen molar-refractivity contribution in [3.8, 4) is 0 Å². The quantitative estimate of drug-likeness (QED) is 0.202. The molecule has 180 valence electrons. The first-order chi connectivity index (χ1) is 16.8. The molecule has 10 heteroatoms. The molecule has 0 radical (unpaired) electrons. The van der Waals surface area contributed by atoms with Crippen LogP contribution in [0.15, 0.2) is 83.8 Å². The lowest BCUT2D eigenvalue weighted by Gasteiger charge is -2.36. The molecule has 0 bridgehead atoms. The monoisotopic (exact) mass is 494 g/mol. The number of non-ortho nitro benzene ring substituents is 1. The molecule has 0 aliphatic carbocycles. The third-order valence-corrected chi connectivity index (χ3v) is 7.74. The fourth-order valence-electron chi connectivity index (χ4n) is 4.09. The van der Waals surface area contributed by atoms with Gasteiger partial charge in [0.1, 0.15) is 0 Å². The highest BCUT2D eigenvalue weighted by molar-refractivity contribution is 7.89. The van der Waals surface area contributed by atoms with Crippen molar-refractivity contribution in [1.82, 2.24) is 4.31 Å². The van der Waals surface area contributed by atoms with Gasteiger partial charge in [-0.1, -0.05) is 54.6 Å². The summed E-state index contributed by atoms with van der Waals surface area (Å²) in [7, 11) is -3.89. The van der Waals surface area contributed by atoms with E-state index in [4.69, 9.17) is 4.74 Å². The molecule has 3 aromatic carbocycles. The van der Waals surface area contributed by atoms with Crippen molar-refractivity contribution in [3.05, 3.63) is 106 Å². The van der Waals surface area contributed by atoms with E-state index in [1.54, 1.807) is 30.3 Å². The number of benzene rings is 3. The minimum Gasteiger partial charge on any atom is -0.457 e. The molecule has 0 fully saturated rings. The fourth-order valence-corrected chi connectivity index (χ4v) is 5.72. The summed E-state index contributed by atoms with van der Waals surface area (Å²) in [6.07, 6.45) is 0.213. The van der Waals surface area contributed by atoms with E-state index in [0.717, 1.165) is 11.6 Å². The van der Waals surface area contributed by atoms with Crippen LogP contribution in [0.2, 0.25) is 0 Å². The summed E-state index contributed by atoms with van der Waals surface area (Å²) >= 11 is 0. The fraction of sp³-hybridized carbons (Fsp3) is 0.200. The van der Waals surface area contributed by atoms with Gasteiger partial charge in [0.2, 0.25) is 15.8 Å². The molecule has 1 aliphatic heterocycles. The van der Waals surface area contributed by atoms with Crippen LogP contribution in [0.4, 0.5) is 5.69 Å². The average Bonchev–Trinajstić information content (AvgIpc) is 2.88. The predicted octanol–water partition coefficient (Wildman–Crippen LogP) is 3.70. The summed E-state index contributed by atoms with van der Waals surface area (Å²) in [5, 5.41) is 10.9. The van der Waals surface area contributed by atoms with Gasteiger partial charge in [0.15, 0.2) is 6.61 Å². The van der Waals surface area contributed by atoms with Crippen LogP contribution in [0.1, 0.15) is 33.9 Å². The Morgan fingerprint density at radius 3 is 2.46 bits per heavy atom. The smallest absolute Gasteiger partial charge is 0.308 e. The van der Waals surface area contributed by atoms with Crippen LogP contribution in [0.3, 0.4) is 0 Å². The molecule has 0 amide bonds. The van der Waals surface area contributed by atoms with Gasteiger partial charge in [-0.25, -0.2) is 8.42 Å². The third-order valence-electron chi connectivity index (χ3n) is 5.82. The number of nitro benzene ring substituents is 1. The first-order valence-electron chi connectivity index (χ1n) is 10.9. The van der Waals surface area contributed by atoms with Gasteiger partial charge < -0.3 is 4.74 Å². The van der Waals surface area contributed by atoms with E-state index in [-0.39, 0.29) is 29.1 Å². The molecule has 1 unspecified atom stereocenters. The predicted molar refractivity (Wildman–Crippen MR) is 126 cm³/mol. The molecule has 3 aromatic rings. The number of carbonyl (C=O) groups is 2. The molecule has 1 aliphatic rings. The van der Waals surface area contributed by atoms with Crippen LogP contribution in [0.5, 0.6) is 0 Å². The lowest BCUT2D eigenvalue weighted by atomic mass is 9.92. The molecule has 0 saturated carbocycles. The maximum absolute atomic E-state index is 13.4. The maximum atomic E-state index is 13.4. The van der Waals surface area contributed by atoms with Gasteiger partial charge in [-0.05, 0) is 29.7 Å². The minimum atomic E-state index is -3.89. The largest absolute Gasteiger partial charge is 0.457 e. The second kappa shape index (κ2) is 10.2. The zero-order valence-corrected chi connectivity index (χ0v) is 19.4. The van der Waals surface area contributed by atoms with E-state index >= 15 is 0 Å². The van der Waals surface area contributed by atoms with E-state index in [1.165, 1.54) is 34.6 Å². The number of ether oxygens (including phenoxy) is 1. The van der Waals surface area contributed by atoms with Crippen LogP contribution in [-0.2, 0) is 26.0 Å². The molecule has 0 N–H and O–H groups in total. The summed E-state index contributed by atoms with van der Waals surface area (Å²) in [6.45, 7) is -0.418. The first-order valence-corrected chi connectivity index (χ1v) is 12.3. The van der Waals surface area contributed by atoms with Crippen molar-refractivity contribution in [2.45, 2.75) is 23.8 Å². The standard InChI is InChI=1S/C25H22N2O7S/c28-24(19-8-6-9-20(15-19)27(30)31)17-34-25(29)16-23-22-12-5-4-7-18(22)13-14-26(23)35(32,33)21-10-2-1-3-11-21/h1-12,15,23H,13-14,16-17H2. The molecular formula is C25H22N2O7S. The van der Waals surface area contributed by atoms with E-state index in [9.17, 15) is 28.1 Å². The van der Waals surface area contributed by atoms with E-state index < -0.39 is 39.3 Å². The molecule has 4 rings (SSSR count). The lowest BCUT2D eigenvalue weighted by Crippen LogP contribution is -2.41. The Hall–Kier alpha value is -3.89. The molecule has 0 spiro atoms. The number of nitrogens with zero attached hydrogens (tertiary/aromatic N) is 2. The zero-order valence-electron chi connectivity index (χ0n) is 18.6. The van der Waals surface area contributed by atoms with Gasteiger partial charge in [-0.15, -0.1) is 0 Å². The normalized spacial score (nSPS) is 15.7. The molecule has 1 heterocycles. The number of fused-ring (bicyclic) bond motifs is 1. The summed E-state index contributed by atoms with van der Waals surface area (Å²) in [5.74, 6) is -1.35. The Kier molecular flexibility index (Phi) is 7.04. The number of hydrogen-bond donors (Lipinski definition) is 0. The second-order valence-corrected chi connectivity index (χ2v) is 9.88. The van der Waals surface area contributed by atoms with Crippen molar-refractivity contribution < 1.29 is 27.7 Å². The summed E-state index contributed by atoms with van der Waals surface area (Å²) < 4.78 is 33.2. The van der Waals surface area contributed by atoms with Crippen LogP contribution >= 0.6 is 0 Å². The zero-order chi connectivity index (χ0) is 25.0. The Labute approximate surface area is 202 Å². The Morgan fingerprint density at radius 2 is 1.71 bits per heavy atom. The first kappa shape index (κ1) is 24.2. The number of carbonyl (C=O) groups excluding carboxylic acids is 2.